The van der Waals surface area contributed by atoms with Gasteiger partial charge in [-0.15, -0.1) is 5.10 Å². The summed E-state index contributed by atoms with van der Waals surface area (Å²) in [5.41, 5.74) is 10.8. The maximum Gasteiger partial charge on any atom is 0.146 e. The smallest absolute Gasteiger partial charge is 0.146 e. The molecule has 3 aromatic heterocycles. The van der Waals surface area contributed by atoms with E-state index in [9.17, 15) is 10.4 Å². The van der Waals surface area contributed by atoms with Crippen molar-refractivity contribution < 1.29 is 5.11 Å². The van der Waals surface area contributed by atoms with Crippen molar-refractivity contribution in [1.29, 1.82) is 5.26 Å². The number of benzene rings is 1. The quantitative estimate of drug-likeness (QED) is 0.475. The lowest BCUT2D eigenvalue weighted by atomic mass is 10.0. The number of aliphatic hydroxyl groups excluding tert-OH is 1. The highest BCUT2D eigenvalue weighted by molar-refractivity contribution is 6.05. The van der Waals surface area contributed by atoms with Crippen molar-refractivity contribution in [2.45, 2.75) is 19.9 Å². The van der Waals surface area contributed by atoms with Crippen molar-refractivity contribution in [3.8, 4) is 17.2 Å². The Morgan fingerprint density at radius 3 is 2.73 bits per heavy atom. The lowest BCUT2D eigenvalue weighted by molar-refractivity contribution is 0.280. The average molecular weight is 400 g/mol. The summed E-state index contributed by atoms with van der Waals surface area (Å²) in [6.45, 7) is 2.54. The fourth-order valence-electron chi connectivity index (χ4n) is 3.44. The number of aliphatic hydroxyl groups is 1. The Balaban J connectivity index is 2.08. The van der Waals surface area contributed by atoms with Gasteiger partial charge in [0.05, 0.1) is 23.5 Å². The molecule has 0 amide bonds. The second-order valence-electron chi connectivity index (χ2n) is 6.80. The molecule has 0 aliphatic heterocycles. The second-order valence-corrected chi connectivity index (χ2v) is 6.80. The highest BCUT2D eigenvalue weighted by Gasteiger charge is 2.21. The molecule has 0 aliphatic rings. The number of anilines is 1. The summed E-state index contributed by atoms with van der Waals surface area (Å²) in [5, 5.41) is 27.6. The fourth-order valence-corrected chi connectivity index (χ4v) is 3.44. The highest BCUT2D eigenvalue weighted by Crippen LogP contribution is 2.38. The van der Waals surface area contributed by atoms with E-state index < -0.39 is 0 Å². The van der Waals surface area contributed by atoms with Gasteiger partial charge in [0, 0.05) is 18.7 Å². The predicted molar refractivity (Wildman–Crippen MR) is 114 cm³/mol. The van der Waals surface area contributed by atoms with Crippen LogP contribution in [0.1, 0.15) is 17.7 Å². The van der Waals surface area contributed by atoms with Crippen LogP contribution in [-0.4, -0.2) is 41.2 Å². The van der Waals surface area contributed by atoms with E-state index in [1.807, 2.05) is 35.8 Å². The summed E-state index contributed by atoms with van der Waals surface area (Å²) in [7, 11) is 0. The molecule has 0 saturated carbocycles. The van der Waals surface area contributed by atoms with E-state index in [1.54, 1.807) is 12.3 Å². The number of nitrogen functional groups attached to an aromatic ring is 1. The van der Waals surface area contributed by atoms with E-state index in [-0.39, 0.29) is 6.61 Å². The number of hydrogen-bond donors (Lipinski definition) is 2. The van der Waals surface area contributed by atoms with Crippen LogP contribution in [-0.2, 0) is 6.54 Å². The molecular weight excluding hydrogens is 380 g/mol. The molecule has 4 rings (SSSR count). The molecule has 0 atom stereocenters. The number of aryl methyl sites for hydroxylation is 2. The number of fused-ring (bicyclic) bond motifs is 1. The minimum Gasteiger partial charge on any atom is -0.396 e. The van der Waals surface area contributed by atoms with Crippen molar-refractivity contribution in [1.82, 2.24) is 29.5 Å². The number of aromatic nitrogens is 6. The largest absolute Gasteiger partial charge is 0.396 e. The first-order valence-electron chi connectivity index (χ1n) is 9.43. The normalized spacial score (nSPS) is 11.7. The molecule has 0 saturated heterocycles. The lowest BCUT2D eigenvalue weighted by Gasteiger charge is -2.09. The number of nitrogens with two attached hydrogens (primary N) is 1. The van der Waals surface area contributed by atoms with Crippen LogP contribution in [0.25, 0.3) is 33.9 Å². The van der Waals surface area contributed by atoms with Crippen LogP contribution < -0.4 is 5.73 Å². The van der Waals surface area contributed by atoms with Crippen LogP contribution in [0.5, 0.6) is 0 Å². The molecule has 0 fully saturated rings. The Kier molecular flexibility index (Phi) is 5.24. The first-order valence-corrected chi connectivity index (χ1v) is 9.43. The van der Waals surface area contributed by atoms with Crippen molar-refractivity contribution in [3.63, 3.8) is 0 Å². The molecule has 0 aliphatic carbocycles. The Hall–Kier alpha value is -4.03. The van der Waals surface area contributed by atoms with Gasteiger partial charge in [-0.3, -0.25) is 0 Å². The summed E-state index contributed by atoms with van der Waals surface area (Å²) in [6, 6.07) is 10.2. The summed E-state index contributed by atoms with van der Waals surface area (Å²) >= 11 is 0. The third-order valence-corrected chi connectivity index (χ3v) is 4.85. The monoisotopic (exact) mass is 400 g/mol. The SMILES string of the molecule is Cc1ccc(-c2c(/C=C(\C#N)n3ccnn3)n(CCCO)c3ncnc(N)c23)cc1. The van der Waals surface area contributed by atoms with Crippen LogP contribution in [0.3, 0.4) is 0 Å². The lowest BCUT2D eigenvalue weighted by Crippen LogP contribution is -2.05. The fraction of sp³-hybridized carbons (Fsp3) is 0.190. The molecule has 3 heterocycles. The van der Waals surface area contributed by atoms with Gasteiger partial charge < -0.3 is 15.4 Å². The van der Waals surface area contributed by atoms with Crippen LogP contribution in [0.4, 0.5) is 5.82 Å². The molecule has 0 unspecified atom stereocenters. The minimum absolute atomic E-state index is 0.0252. The van der Waals surface area contributed by atoms with Gasteiger partial charge in [0.1, 0.15) is 29.6 Å². The van der Waals surface area contributed by atoms with Crippen LogP contribution >= 0.6 is 0 Å². The zero-order valence-corrected chi connectivity index (χ0v) is 16.4. The number of rotatable bonds is 6. The third kappa shape index (κ3) is 3.40. The van der Waals surface area contributed by atoms with Gasteiger partial charge in [0.25, 0.3) is 0 Å². The summed E-state index contributed by atoms with van der Waals surface area (Å²) in [5.74, 6) is 0.354. The molecule has 150 valence electrons. The van der Waals surface area contributed by atoms with Gasteiger partial charge in [-0.2, -0.15) is 5.26 Å². The maximum absolute atomic E-state index is 9.74. The number of nitriles is 1. The topological polar surface area (TPSA) is 131 Å². The minimum atomic E-state index is 0.0252. The zero-order valence-electron chi connectivity index (χ0n) is 16.4. The van der Waals surface area contributed by atoms with Gasteiger partial charge >= 0.3 is 0 Å². The molecular formula is C21H20N8O. The molecule has 3 N–H and O–H groups in total. The van der Waals surface area contributed by atoms with Crippen LogP contribution in [0.2, 0.25) is 0 Å². The molecule has 0 bridgehead atoms. The van der Waals surface area contributed by atoms with Gasteiger partial charge in [0.2, 0.25) is 0 Å². The molecule has 0 radical (unpaired) electrons. The van der Waals surface area contributed by atoms with Gasteiger partial charge in [-0.25, -0.2) is 14.6 Å². The van der Waals surface area contributed by atoms with Crippen molar-refractivity contribution in [3.05, 3.63) is 54.2 Å². The van der Waals surface area contributed by atoms with E-state index in [0.717, 1.165) is 22.4 Å². The highest BCUT2D eigenvalue weighted by atomic mass is 16.3. The molecule has 9 heteroatoms. The number of allylic oxidation sites excluding steroid dienone is 1. The Bertz CT molecular complexity index is 1250. The Labute approximate surface area is 172 Å². The van der Waals surface area contributed by atoms with Gasteiger partial charge in [0.15, 0.2) is 0 Å². The molecule has 4 aromatic rings. The average Bonchev–Trinajstić information content (AvgIpc) is 3.38. The summed E-state index contributed by atoms with van der Waals surface area (Å²) < 4.78 is 3.36. The van der Waals surface area contributed by atoms with Crippen LogP contribution in [0.15, 0.2) is 43.0 Å². The third-order valence-electron chi connectivity index (χ3n) is 4.85. The predicted octanol–water partition coefficient (Wildman–Crippen LogP) is 2.48. The van der Waals surface area contributed by atoms with E-state index in [2.05, 4.69) is 26.3 Å². The van der Waals surface area contributed by atoms with Gasteiger partial charge in [-0.1, -0.05) is 35.0 Å². The summed E-state index contributed by atoms with van der Waals surface area (Å²) in [4.78, 5) is 8.64. The van der Waals surface area contributed by atoms with E-state index in [0.29, 0.717) is 35.5 Å². The standard InChI is InChI=1S/C21H20N8O/c1-14-3-5-15(6-4-14)18-17(11-16(12-22)29-9-7-26-27-29)28(8-2-10-30)21-19(18)20(23)24-13-25-21/h3-7,9,11,13,30H,2,8,10H2,1H3,(H2,23,24,25)/b16-11+. The molecule has 30 heavy (non-hydrogen) atoms. The van der Waals surface area contributed by atoms with E-state index >= 15 is 0 Å². The Morgan fingerprint density at radius 2 is 2.07 bits per heavy atom. The first kappa shape index (κ1) is 19.3. The molecule has 0 spiro atoms. The van der Waals surface area contributed by atoms with E-state index in [1.165, 1.54) is 17.2 Å². The van der Waals surface area contributed by atoms with Gasteiger partial charge in [-0.05, 0) is 25.0 Å². The second kappa shape index (κ2) is 8.14. The molecule has 1 aromatic carbocycles. The van der Waals surface area contributed by atoms with Crippen LogP contribution in [0, 0.1) is 18.3 Å². The summed E-state index contributed by atoms with van der Waals surface area (Å²) in [6.07, 6.45) is 6.80. The van der Waals surface area contributed by atoms with Crippen molar-refractivity contribution in [2.75, 3.05) is 12.3 Å². The zero-order chi connectivity index (χ0) is 21.1. The van der Waals surface area contributed by atoms with E-state index in [4.69, 9.17) is 5.73 Å². The first-order chi connectivity index (χ1) is 14.6. The molecule has 9 nitrogen and oxygen atoms in total. The number of nitrogens with zero attached hydrogens (tertiary/aromatic N) is 7. The Morgan fingerprint density at radius 1 is 1.27 bits per heavy atom. The van der Waals surface area contributed by atoms with Crippen molar-refractivity contribution >= 4 is 28.6 Å². The number of hydrogen-bond acceptors (Lipinski definition) is 7. The van der Waals surface area contributed by atoms with Crippen molar-refractivity contribution in [2.24, 2.45) is 0 Å². The maximum atomic E-state index is 9.74.